The molecule has 0 saturated heterocycles. The molecule has 0 bridgehead atoms. The average Bonchev–Trinajstić information content (AvgIpc) is 2.93. The standard InChI is InChI=1S/C15H21N3/c1-18(14-7-3-4-8-14)11-10-17-15-9-5-2-6-13(15)12-16/h2,5-6,9,14,17H,3-4,7-8,10-11H2,1H3. The predicted molar refractivity (Wildman–Crippen MR) is 74.5 cm³/mol. The molecule has 96 valence electrons. The van der Waals surface area contributed by atoms with Crippen LogP contribution in [0.5, 0.6) is 0 Å². The molecule has 0 radical (unpaired) electrons. The summed E-state index contributed by atoms with van der Waals surface area (Å²) in [6.07, 6.45) is 5.43. The molecule has 18 heavy (non-hydrogen) atoms. The third kappa shape index (κ3) is 3.24. The molecule has 0 atom stereocenters. The fourth-order valence-corrected chi connectivity index (χ4v) is 2.63. The minimum atomic E-state index is 0.723. The second-order valence-corrected chi connectivity index (χ2v) is 5.00. The molecule has 1 aromatic carbocycles. The van der Waals surface area contributed by atoms with Crippen LogP contribution in [-0.2, 0) is 0 Å². The van der Waals surface area contributed by atoms with Crippen molar-refractivity contribution in [1.29, 1.82) is 5.26 Å². The molecule has 0 unspecified atom stereocenters. The van der Waals surface area contributed by atoms with E-state index in [2.05, 4.69) is 23.3 Å². The third-order valence-corrected chi connectivity index (χ3v) is 3.78. The lowest BCUT2D eigenvalue weighted by Gasteiger charge is -2.24. The summed E-state index contributed by atoms with van der Waals surface area (Å²) in [5, 5.41) is 12.4. The van der Waals surface area contributed by atoms with Crippen molar-refractivity contribution in [2.75, 3.05) is 25.5 Å². The van der Waals surface area contributed by atoms with Gasteiger partial charge in [-0.1, -0.05) is 25.0 Å². The Labute approximate surface area is 109 Å². The van der Waals surface area contributed by atoms with Crippen LogP contribution in [0, 0.1) is 11.3 Å². The summed E-state index contributed by atoms with van der Waals surface area (Å²) in [5.41, 5.74) is 1.67. The lowest BCUT2D eigenvalue weighted by molar-refractivity contribution is 0.254. The zero-order chi connectivity index (χ0) is 12.8. The molecule has 0 aliphatic heterocycles. The topological polar surface area (TPSA) is 39.1 Å². The smallest absolute Gasteiger partial charge is 0.101 e. The summed E-state index contributed by atoms with van der Waals surface area (Å²) in [4.78, 5) is 2.44. The Morgan fingerprint density at radius 1 is 1.33 bits per heavy atom. The van der Waals surface area contributed by atoms with Gasteiger partial charge in [-0.05, 0) is 32.0 Å². The zero-order valence-corrected chi connectivity index (χ0v) is 11.0. The first-order valence-electron chi connectivity index (χ1n) is 6.74. The highest BCUT2D eigenvalue weighted by molar-refractivity contribution is 5.57. The molecule has 0 heterocycles. The zero-order valence-electron chi connectivity index (χ0n) is 11.0. The normalized spacial score (nSPS) is 15.8. The van der Waals surface area contributed by atoms with Gasteiger partial charge in [0.15, 0.2) is 0 Å². The van der Waals surface area contributed by atoms with Crippen molar-refractivity contribution in [1.82, 2.24) is 4.90 Å². The number of rotatable bonds is 5. The van der Waals surface area contributed by atoms with E-state index >= 15 is 0 Å². The largest absolute Gasteiger partial charge is 0.383 e. The summed E-state index contributed by atoms with van der Waals surface area (Å²) in [6, 6.07) is 10.7. The maximum absolute atomic E-state index is 9.00. The summed E-state index contributed by atoms with van der Waals surface area (Å²) in [5.74, 6) is 0. The number of hydrogen-bond donors (Lipinski definition) is 1. The molecule has 1 aliphatic carbocycles. The second kappa shape index (κ2) is 6.42. The van der Waals surface area contributed by atoms with Crippen molar-refractivity contribution >= 4 is 5.69 Å². The molecule has 1 aromatic rings. The summed E-state index contributed by atoms with van der Waals surface area (Å²) in [6.45, 7) is 1.93. The lowest BCUT2D eigenvalue weighted by Crippen LogP contribution is -2.33. The van der Waals surface area contributed by atoms with Crippen molar-refractivity contribution in [2.24, 2.45) is 0 Å². The van der Waals surface area contributed by atoms with Crippen molar-refractivity contribution < 1.29 is 0 Å². The molecule has 3 heteroatoms. The van der Waals surface area contributed by atoms with Gasteiger partial charge in [0.25, 0.3) is 0 Å². The van der Waals surface area contributed by atoms with Crippen molar-refractivity contribution in [3.05, 3.63) is 29.8 Å². The van der Waals surface area contributed by atoms with E-state index in [1.54, 1.807) is 0 Å². The van der Waals surface area contributed by atoms with Gasteiger partial charge in [0.05, 0.1) is 11.3 Å². The first-order chi connectivity index (χ1) is 8.81. The fraction of sp³-hybridized carbons (Fsp3) is 0.533. The Hall–Kier alpha value is -1.53. The van der Waals surface area contributed by atoms with Crippen molar-refractivity contribution in [2.45, 2.75) is 31.7 Å². The third-order valence-electron chi connectivity index (χ3n) is 3.78. The quantitative estimate of drug-likeness (QED) is 0.864. The van der Waals surface area contributed by atoms with Gasteiger partial charge in [-0.2, -0.15) is 5.26 Å². The molecule has 1 saturated carbocycles. The van der Waals surface area contributed by atoms with Gasteiger partial charge in [-0.3, -0.25) is 0 Å². The van der Waals surface area contributed by atoms with E-state index < -0.39 is 0 Å². The Morgan fingerprint density at radius 2 is 2.06 bits per heavy atom. The highest BCUT2D eigenvalue weighted by atomic mass is 15.1. The molecule has 1 fully saturated rings. The van der Waals surface area contributed by atoms with E-state index in [0.29, 0.717) is 0 Å². The summed E-state index contributed by atoms with van der Waals surface area (Å²) >= 11 is 0. The van der Waals surface area contributed by atoms with E-state index in [4.69, 9.17) is 5.26 Å². The SMILES string of the molecule is CN(CCNc1ccccc1C#N)C1CCCC1. The van der Waals surface area contributed by atoms with E-state index in [-0.39, 0.29) is 0 Å². The van der Waals surface area contributed by atoms with E-state index in [1.165, 1.54) is 25.7 Å². The van der Waals surface area contributed by atoms with Crippen molar-refractivity contribution in [3.63, 3.8) is 0 Å². The number of nitriles is 1. The van der Waals surface area contributed by atoms with Crippen LogP contribution in [0.3, 0.4) is 0 Å². The molecule has 0 aromatic heterocycles. The predicted octanol–water partition coefficient (Wildman–Crippen LogP) is 2.84. The average molecular weight is 243 g/mol. The van der Waals surface area contributed by atoms with Crippen LogP contribution in [0.4, 0.5) is 5.69 Å². The van der Waals surface area contributed by atoms with Crippen LogP contribution in [0.25, 0.3) is 0 Å². The van der Waals surface area contributed by atoms with Crippen LogP contribution < -0.4 is 5.32 Å². The molecule has 1 N–H and O–H groups in total. The van der Waals surface area contributed by atoms with E-state index in [9.17, 15) is 0 Å². The monoisotopic (exact) mass is 243 g/mol. The van der Waals surface area contributed by atoms with Gasteiger partial charge in [-0.15, -0.1) is 0 Å². The lowest BCUT2D eigenvalue weighted by atomic mass is 10.2. The van der Waals surface area contributed by atoms with Crippen LogP contribution in [-0.4, -0.2) is 31.1 Å². The molecule has 3 nitrogen and oxygen atoms in total. The van der Waals surface area contributed by atoms with Gasteiger partial charge in [0.2, 0.25) is 0 Å². The maximum Gasteiger partial charge on any atom is 0.101 e. The molecule has 2 rings (SSSR count). The van der Waals surface area contributed by atoms with E-state index in [1.807, 2.05) is 24.3 Å². The van der Waals surface area contributed by atoms with Gasteiger partial charge < -0.3 is 10.2 Å². The van der Waals surface area contributed by atoms with Crippen LogP contribution in [0.1, 0.15) is 31.2 Å². The number of nitrogens with one attached hydrogen (secondary N) is 1. The Bertz CT molecular complexity index is 416. The van der Waals surface area contributed by atoms with E-state index in [0.717, 1.165) is 30.4 Å². The van der Waals surface area contributed by atoms with Crippen molar-refractivity contribution in [3.8, 4) is 6.07 Å². The van der Waals surface area contributed by atoms with Gasteiger partial charge in [-0.25, -0.2) is 0 Å². The number of hydrogen-bond acceptors (Lipinski definition) is 3. The first kappa shape index (κ1) is 12.9. The van der Waals surface area contributed by atoms with Crippen LogP contribution in [0.15, 0.2) is 24.3 Å². The highest BCUT2D eigenvalue weighted by Gasteiger charge is 2.18. The number of likely N-dealkylation sites (N-methyl/N-ethyl adjacent to an activating group) is 1. The highest BCUT2D eigenvalue weighted by Crippen LogP contribution is 2.22. The summed E-state index contributed by atoms with van der Waals surface area (Å²) in [7, 11) is 2.20. The fourth-order valence-electron chi connectivity index (χ4n) is 2.63. The number of para-hydroxylation sites is 1. The Balaban J connectivity index is 1.79. The Kier molecular flexibility index (Phi) is 4.60. The molecule has 0 amide bonds. The minimum Gasteiger partial charge on any atom is -0.383 e. The maximum atomic E-state index is 9.00. The Morgan fingerprint density at radius 3 is 2.78 bits per heavy atom. The summed E-state index contributed by atoms with van der Waals surface area (Å²) < 4.78 is 0. The molecule has 1 aliphatic rings. The number of benzene rings is 1. The molecular formula is C15H21N3. The van der Waals surface area contributed by atoms with Gasteiger partial charge in [0, 0.05) is 19.1 Å². The first-order valence-corrected chi connectivity index (χ1v) is 6.74. The molecular weight excluding hydrogens is 222 g/mol. The number of anilines is 1. The van der Waals surface area contributed by atoms with Crippen LogP contribution in [0.2, 0.25) is 0 Å². The van der Waals surface area contributed by atoms with Gasteiger partial charge >= 0.3 is 0 Å². The van der Waals surface area contributed by atoms with Crippen LogP contribution >= 0.6 is 0 Å². The number of nitrogens with zero attached hydrogens (tertiary/aromatic N) is 2. The van der Waals surface area contributed by atoms with Gasteiger partial charge in [0.1, 0.15) is 6.07 Å². The molecule has 0 spiro atoms. The second-order valence-electron chi connectivity index (χ2n) is 5.00. The minimum absolute atomic E-state index is 0.723.